The highest BCUT2D eigenvalue weighted by Gasteiger charge is 2.21. The molecule has 88 valence electrons. The Morgan fingerprint density at radius 3 is 2.53 bits per heavy atom. The van der Waals surface area contributed by atoms with E-state index in [4.69, 9.17) is 4.52 Å². The van der Waals surface area contributed by atoms with Crippen LogP contribution in [0.25, 0.3) is 11.4 Å². The number of hydrogen-bond donors (Lipinski definition) is 0. The monoisotopic (exact) mass is 228 g/mol. The first-order chi connectivity index (χ1) is 8.43. The van der Waals surface area contributed by atoms with E-state index in [1.54, 1.807) is 0 Å². The highest BCUT2D eigenvalue weighted by Crippen LogP contribution is 2.32. The maximum atomic E-state index is 5.40. The van der Waals surface area contributed by atoms with Crippen LogP contribution in [0.5, 0.6) is 0 Å². The standard InChI is InChI=1S/C14H16N2O/c1-3-7-11(8-4-1)13-15-14(17-16-13)12-9-5-2-6-10-12/h1,3-4,7-8,12H,2,5-6,9-10H2. The van der Waals surface area contributed by atoms with Crippen molar-refractivity contribution in [2.45, 2.75) is 38.0 Å². The van der Waals surface area contributed by atoms with Gasteiger partial charge in [-0.2, -0.15) is 4.98 Å². The van der Waals surface area contributed by atoms with Crippen LogP contribution in [0, 0.1) is 0 Å². The first kappa shape index (κ1) is 10.5. The third kappa shape index (κ3) is 2.23. The molecule has 3 heteroatoms. The summed E-state index contributed by atoms with van der Waals surface area (Å²) in [7, 11) is 0. The van der Waals surface area contributed by atoms with Crippen molar-refractivity contribution in [3.63, 3.8) is 0 Å². The Morgan fingerprint density at radius 2 is 1.76 bits per heavy atom. The zero-order chi connectivity index (χ0) is 11.5. The third-order valence-corrected chi connectivity index (χ3v) is 3.43. The second-order valence-corrected chi connectivity index (χ2v) is 4.66. The Bertz CT molecular complexity index is 472. The lowest BCUT2D eigenvalue weighted by Gasteiger charge is -2.17. The van der Waals surface area contributed by atoms with Gasteiger partial charge in [-0.1, -0.05) is 54.8 Å². The van der Waals surface area contributed by atoms with E-state index < -0.39 is 0 Å². The van der Waals surface area contributed by atoms with Gasteiger partial charge in [-0.05, 0) is 12.8 Å². The van der Waals surface area contributed by atoms with Crippen molar-refractivity contribution in [2.75, 3.05) is 0 Å². The van der Waals surface area contributed by atoms with E-state index >= 15 is 0 Å². The topological polar surface area (TPSA) is 38.9 Å². The van der Waals surface area contributed by atoms with Crippen molar-refractivity contribution < 1.29 is 4.52 Å². The second-order valence-electron chi connectivity index (χ2n) is 4.66. The van der Waals surface area contributed by atoms with Gasteiger partial charge in [0.2, 0.25) is 11.7 Å². The summed E-state index contributed by atoms with van der Waals surface area (Å²) in [6, 6.07) is 9.99. The fraction of sp³-hybridized carbons (Fsp3) is 0.429. The normalized spacial score (nSPS) is 17.2. The molecule has 1 aliphatic rings. The lowest BCUT2D eigenvalue weighted by molar-refractivity contribution is 0.314. The van der Waals surface area contributed by atoms with Crippen LogP contribution in [0.4, 0.5) is 0 Å². The van der Waals surface area contributed by atoms with E-state index in [-0.39, 0.29) is 0 Å². The minimum atomic E-state index is 0.480. The smallest absolute Gasteiger partial charge is 0.230 e. The van der Waals surface area contributed by atoms with Crippen LogP contribution in [0.15, 0.2) is 34.9 Å². The quantitative estimate of drug-likeness (QED) is 0.785. The summed E-state index contributed by atoms with van der Waals surface area (Å²) < 4.78 is 5.40. The maximum Gasteiger partial charge on any atom is 0.230 e. The Kier molecular flexibility index (Phi) is 2.90. The zero-order valence-electron chi connectivity index (χ0n) is 9.80. The van der Waals surface area contributed by atoms with Crippen molar-refractivity contribution in [1.82, 2.24) is 10.1 Å². The average molecular weight is 228 g/mol. The summed E-state index contributed by atoms with van der Waals surface area (Å²) in [6.45, 7) is 0. The molecule has 0 N–H and O–H groups in total. The first-order valence-electron chi connectivity index (χ1n) is 6.32. The molecule has 1 aromatic carbocycles. The summed E-state index contributed by atoms with van der Waals surface area (Å²) in [5, 5.41) is 4.08. The fourth-order valence-electron chi connectivity index (χ4n) is 2.46. The van der Waals surface area contributed by atoms with Crippen molar-refractivity contribution >= 4 is 0 Å². The number of rotatable bonds is 2. The molecule has 1 heterocycles. The van der Waals surface area contributed by atoms with Gasteiger partial charge in [-0.15, -0.1) is 0 Å². The number of benzene rings is 1. The summed E-state index contributed by atoms with van der Waals surface area (Å²) in [5.41, 5.74) is 1.03. The SMILES string of the molecule is c1ccc(-c2noc(C3CCCCC3)n2)cc1. The molecule has 0 saturated heterocycles. The molecule has 0 bridgehead atoms. The molecular formula is C14H16N2O. The molecule has 0 unspecified atom stereocenters. The molecule has 17 heavy (non-hydrogen) atoms. The predicted molar refractivity (Wildman–Crippen MR) is 65.6 cm³/mol. The van der Waals surface area contributed by atoms with Crippen LogP contribution in [0.1, 0.15) is 43.9 Å². The van der Waals surface area contributed by atoms with E-state index in [9.17, 15) is 0 Å². The van der Waals surface area contributed by atoms with Crippen molar-refractivity contribution in [3.05, 3.63) is 36.2 Å². The Labute approximate surface area is 101 Å². The zero-order valence-corrected chi connectivity index (χ0v) is 9.80. The molecule has 1 aliphatic carbocycles. The molecule has 1 aromatic heterocycles. The molecule has 3 rings (SSSR count). The van der Waals surface area contributed by atoms with E-state index in [0.717, 1.165) is 11.5 Å². The Morgan fingerprint density at radius 1 is 1.00 bits per heavy atom. The van der Waals surface area contributed by atoms with Crippen molar-refractivity contribution in [1.29, 1.82) is 0 Å². The predicted octanol–water partition coefficient (Wildman–Crippen LogP) is 3.78. The summed E-state index contributed by atoms with van der Waals surface area (Å²) in [4.78, 5) is 4.53. The van der Waals surface area contributed by atoms with Gasteiger partial charge in [0.1, 0.15) is 0 Å². The van der Waals surface area contributed by atoms with Gasteiger partial charge in [-0.25, -0.2) is 0 Å². The van der Waals surface area contributed by atoms with E-state index in [2.05, 4.69) is 10.1 Å². The molecule has 0 spiro atoms. The van der Waals surface area contributed by atoms with Gasteiger partial charge in [0, 0.05) is 11.5 Å². The second kappa shape index (κ2) is 4.70. The Hall–Kier alpha value is -1.64. The molecule has 3 nitrogen and oxygen atoms in total. The van der Waals surface area contributed by atoms with Gasteiger partial charge in [0.15, 0.2) is 0 Å². The fourth-order valence-corrected chi connectivity index (χ4v) is 2.46. The summed E-state index contributed by atoms with van der Waals surface area (Å²) >= 11 is 0. The van der Waals surface area contributed by atoms with Crippen LogP contribution >= 0.6 is 0 Å². The van der Waals surface area contributed by atoms with Crippen LogP contribution in [0.3, 0.4) is 0 Å². The number of nitrogens with zero attached hydrogens (tertiary/aromatic N) is 2. The lowest BCUT2D eigenvalue weighted by Crippen LogP contribution is -2.04. The molecule has 0 amide bonds. The lowest BCUT2D eigenvalue weighted by atomic mass is 9.89. The van der Waals surface area contributed by atoms with Crippen LogP contribution in [-0.4, -0.2) is 10.1 Å². The van der Waals surface area contributed by atoms with Crippen LogP contribution in [-0.2, 0) is 0 Å². The third-order valence-electron chi connectivity index (χ3n) is 3.43. The minimum Gasteiger partial charge on any atom is -0.339 e. The Balaban J connectivity index is 1.83. The highest BCUT2D eigenvalue weighted by atomic mass is 16.5. The van der Waals surface area contributed by atoms with Crippen molar-refractivity contribution in [2.24, 2.45) is 0 Å². The molecule has 1 saturated carbocycles. The van der Waals surface area contributed by atoms with Crippen molar-refractivity contribution in [3.8, 4) is 11.4 Å². The molecule has 2 aromatic rings. The van der Waals surface area contributed by atoms with E-state index in [1.807, 2.05) is 30.3 Å². The molecule has 1 fully saturated rings. The van der Waals surface area contributed by atoms with Gasteiger partial charge in [0.25, 0.3) is 0 Å². The van der Waals surface area contributed by atoms with Gasteiger partial charge in [-0.3, -0.25) is 0 Å². The summed E-state index contributed by atoms with van der Waals surface area (Å²) in [6.07, 6.45) is 6.30. The van der Waals surface area contributed by atoms with Gasteiger partial charge >= 0.3 is 0 Å². The van der Waals surface area contributed by atoms with Crippen LogP contribution < -0.4 is 0 Å². The average Bonchev–Trinajstić information content (AvgIpc) is 2.90. The van der Waals surface area contributed by atoms with E-state index in [1.165, 1.54) is 32.1 Å². The molecule has 0 aliphatic heterocycles. The van der Waals surface area contributed by atoms with Gasteiger partial charge < -0.3 is 4.52 Å². The maximum absolute atomic E-state index is 5.40. The minimum absolute atomic E-state index is 0.480. The summed E-state index contributed by atoms with van der Waals surface area (Å²) in [5.74, 6) is 2.02. The van der Waals surface area contributed by atoms with Gasteiger partial charge in [0.05, 0.1) is 0 Å². The molecule has 0 atom stereocenters. The van der Waals surface area contributed by atoms with E-state index in [0.29, 0.717) is 11.7 Å². The largest absolute Gasteiger partial charge is 0.339 e. The number of hydrogen-bond acceptors (Lipinski definition) is 3. The molecule has 0 radical (unpaired) electrons. The van der Waals surface area contributed by atoms with Crippen LogP contribution in [0.2, 0.25) is 0 Å². The number of aromatic nitrogens is 2. The molecular weight excluding hydrogens is 212 g/mol. The first-order valence-corrected chi connectivity index (χ1v) is 6.32. The highest BCUT2D eigenvalue weighted by molar-refractivity contribution is 5.53.